The molecule has 2 saturated heterocycles. The highest BCUT2D eigenvalue weighted by Crippen LogP contribution is 2.28. The normalized spacial score (nSPS) is 24.4. The molecule has 0 aliphatic carbocycles. The molecule has 4 rings (SSSR count). The van der Waals surface area contributed by atoms with Gasteiger partial charge in [-0.2, -0.15) is 0 Å². The predicted molar refractivity (Wildman–Crippen MR) is 105 cm³/mol. The number of nitrogens with one attached hydrogen (secondary N) is 1. The average Bonchev–Trinajstić information content (AvgIpc) is 3.12. The molecular formula is C22H24N2O5. The Labute approximate surface area is 169 Å². The standard InChI is InChI=1S/C22H24N2O5/c25-14-17(11-15-7-3-1-4-8-15)23-21(26)19-20-22(27)24(13-18(28-19)29-20)12-16-9-5-2-6-10-16/h1-10,17-20,25H,11-14H2,(H,23,26)/t17-,18-,19-,20-/m1/s1. The quantitative estimate of drug-likeness (QED) is 0.725. The summed E-state index contributed by atoms with van der Waals surface area (Å²) in [6.45, 7) is 0.513. The van der Waals surface area contributed by atoms with Crippen LogP contribution in [0.1, 0.15) is 11.1 Å². The van der Waals surface area contributed by atoms with Gasteiger partial charge >= 0.3 is 0 Å². The Balaban J connectivity index is 1.39. The fourth-order valence-electron chi connectivity index (χ4n) is 3.71. The molecule has 2 aromatic carbocycles. The number of aliphatic hydroxyl groups excluding tert-OH is 1. The van der Waals surface area contributed by atoms with E-state index >= 15 is 0 Å². The van der Waals surface area contributed by atoms with Gasteiger partial charge in [-0.15, -0.1) is 0 Å². The fourth-order valence-corrected chi connectivity index (χ4v) is 3.71. The van der Waals surface area contributed by atoms with Crippen LogP contribution in [0.5, 0.6) is 0 Å². The van der Waals surface area contributed by atoms with Gasteiger partial charge in [-0.05, 0) is 17.5 Å². The van der Waals surface area contributed by atoms with E-state index in [0.717, 1.165) is 11.1 Å². The molecule has 7 nitrogen and oxygen atoms in total. The molecule has 0 saturated carbocycles. The number of morpholine rings is 1. The first-order valence-corrected chi connectivity index (χ1v) is 9.73. The molecule has 2 aromatic rings. The molecule has 2 amide bonds. The average molecular weight is 396 g/mol. The Bertz CT molecular complexity index is 845. The zero-order valence-corrected chi connectivity index (χ0v) is 15.9. The zero-order valence-electron chi connectivity index (χ0n) is 15.9. The van der Waals surface area contributed by atoms with E-state index in [1.54, 1.807) is 4.90 Å². The number of carbonyl (C=O) groups is 2. The number of amides is 2. The van der Waals surface area contributed by atoms with Crippen molar-refractivity contribution in [2.24, 2.45) is 0 Å². The van der Waals surface area contributed by atoms with Gasteiger partial charge in [0.15, 0.2) is 18.5 Å². The summed E-state index contributed by atoms with van der Waals surface area (Å²) in [6, 6.07) is 18.8. The van der Waals surface area contributed by atoms with Crippen molar-refractivity contribution in [2.45, 2.75) is 37.5 Å². The molecule has 2 aliphatic heterocycles. The van der Waals surface area contributed by atoms with Crippen molar-refractivity contribution in [3.8, 4) is 0 Å². The van der Waals surface area contributed by atoms with Crippen LogP contribution < -0.4 is 5.32 Å². The van der Waals surface area contributed by atoms with Crippen LogP contribution in [0, 0.1) is 0 Å². The first-order chi connectivity index (χ1) is 14.1. The van der Waals surface area contributed by atoms with E-state index in [9.17, 15) is 14.7 Å². The molecule has 2 fully saturated rings. The molecule has 2 bridgehead atoms. The van der Waals surface area contributed by atoms with E-state index in [0.29, 0.717) is 13.0 Å². The van der Waals surface area contributed by atoms with Gasteiger partial charge in [0, 0.05) is 6.54 Å². The van der Waals surface area contributed by atoms with Crippen LogP contribution in [-0.4, -0.2) is 59.5 Å². The Morgan fingerprint density at radius 1 is 1.07 bits per heavy atom. The second-order valence-electron chi connectivity index (χ2n) is 7.33. The molecule has 2 N–H and O–H groups in total. The van der Waals surface area contributed by atoms with Gasteiger partial charge in [-0.1, -0.05) is 60.7 Å². The summed E-state index contributed by atoms with van der Waals surface area (Å²) >= 11 is 0. The Morgan fingerprint density at radius 3 is 2.38 bits per heavy atom. The summed E-state index contributed by atoms with van der Waals surface area (Å²) in [5.74, 6) is -0.700. The molecule has 4 atom stereocenters. The molecule has 29 heavy (non-hydrogen) atoms. The highest BCUT2D eigenvalue weighted by molar-refractivity contribution is 5.92. The molecule has 0 aromatic heterocycles. The molecule has 7 heteroatoms. The van der Waals surface area contributed by atoms with Gasteiger partial charge in [0.2, 0.25) is 0 Å². The number of nitrogens with zero attached hydrogens (tertiary/aromatic N) is 1. The topological polar surface area (TPSA) is 88.1 Å². The lowest BCUT2D eigenvalue weighted by atomic mass is 10.1. The van der Waals surface area contributed by atoms with Gasteiger partial charge in [0.25, 0.3) is 11.8 Å². The maximum Gasteiger partial charge on any atom is 0.255 e. The maximum atomic E-state index is 12.8. The van der Waals surface area contributed by atoms with Crippen molar-refractivity contribution in [3.63, 3.8) is 0 Å². The van der Waals surface area contributed by atoms with Crippen LogP contribution in [0.15, 0.2) is 60.7 Å². The number of hydrogen-bond acceptors (Lipinski definition) is 5. The molecule has 0 radical (unpaired) electrons. The highest BCUT2D eigenvalue weighted by atomic mass is 16.7. The first kappa shape index (κ1) is 19.6. The summed E-state index contributed by atoms with van der Waals surface area (Å²) in [5.41, 5.74) is 2.01. The van der Waals surface area contributed by atoms with Crippen molar-refractivity contribution in [1.29, 1.82) is 0 Å². The number of carbonyl (C=O) groups excluding carboxylic acids is 2. The van der Waals surface area contributed by atoms with Gasteiger partial charge in [-0.3, -0.25) is 9.59 Å². The van der Waals surface area contributed by atoms with E-state index in [1.807, 2.05) is 60.7 Å². The molecule has 0 spiro atoms. The largest absolute Gasteiger partial charge is 0.394 e. The van der Waals surface area contributed by atoms with Crippen molar-refractivity contribution < 1.29 is 24.2 Å². The Morgan fingerprint density at radius 2 is 1.72 bits per heavy atom. The minimum atomic E-state index is -1.02. The van der Waals surface area contributed by atoms with Gasteiger partial charge in [-0.25, -0.2) is 0 Å². The highest BCUT2D eigenvalue weighted by Gasteiger charge is 2.51. The molecule has 2 aliphatic rings. The molecule has 2 heterocycles. The third kappa shape index (κ3) is 4.48. The van der Waals surface area contributed by atoms with E-state index in [4.69, 9.17) is 9.47 Å². The molecule has 0 unspecified atom stereocenters. The lowest BCUT2D eigenvalue weighted by Crippen LogP contribution is -2.53. The SMILES string of the molecule is O=C(N[C@@H](CO)Cc1ccccc1)[C@@H]1O[C@H]2CN(Cc3ccccc3)C(=O)[C@@H]1O2. The number of benzene rings is 2. The summed E-state index contributed by atoms with van der Waals surface area (Å²) in [4.78, 5) is 27.3. The van der Waals surface area contributed by atoms with Crippen LogP contribution in [-0.2, 0) is 32.0 Å². The zero-order chi connectivity index (χ0) is 20.2. The molecule has 152 valence electrons. The number of aliphatic hydroxyl groups is 1. The predicted octanol–water partition coefficient (Wildman–Crippen LogP) is 0.859. The van der Waals surface area contributed by atoms with Crippen molar-refractivity contribution in [2.75, 3.05) is 13.2 Å². The molecular weight excluding hydrogens is 372 g/mol. The van der Waals surface area contributed by atoms with Crippen LogP contribution in [0.4, 0.5) is 0 Å². The van der Waals surface area contributed by atoms with E-state index in [1.165, 1.54) is 0 Å². The van der Waals surface area contributed by atoms with E-state index in [2.05, 4.69) is 5.32 Å². The van der Waals surface area contributed by atoms with Crippen LogP contribution in [0.3, 0.4) is 0 Å². The first-order valence-electron chi connectivity index (χ1n) is 9.73. The lowest BCUT2D eigenvalue weighted by molar-refractivity contribution is -0.162. The number of rotatable bonds is 7. The monoisotopic (exact) mass is 396 g/mol. The van der Waals surface area contributed by atoms with Crippen LogP contribution >= 0.6 is 0 Å². The fraction of sp³-hybridized carbons (Fsp3) is 0.364. The maximum absolute atomic E-state index is 12.8. The summed E-state index contributed by atoms with van der Waals surface area (Å²) in [6.07, 6.45) is -2.12. The minimum Gasteiger partial charge on any atom is -0.394 e. The van der Waals surface area contributed by atoms with Crippen molar-refractivity contribution in [1.82, 2.24) is 10.2 Å². The smallest absolute Gasteiger partial charge is 0.255 e. The van der Waals surface area contributed by atoms with Crippen LogP contribution in [0.2, 0.25) is 0 Å². The van der Waals surface area contributed by atoms with Crippen molar-refractivity contribution >= 4 is 11.8 Å². The van der Waals surface area contributed by atoms with Gasteiger partial charge in [0.1, 0.15) is 0 Å². The van der Waals surface area contributed by atoms with Crippen molar-refractivity contribution in [3.05, 3.63) is 71.8 Å². The third-order valence-corrected chi connectivity index (χ3v) is 5.16. The Hall–Kier alpha value is -2.74. The summed E-state index contributed by atoms with van der Waals surface area (Å²) in [5, 5.41) is 12.5. The van der Waals surface area contributed by atoms with Crippen LogP contribution in [0.25, 0.3) is 0 Å². The second kappa shape index (κ2) is 8.73. The summed E-state index contributed by atoms with van der Waals surface area (Å²) < 4.78 is 11.3. The van der Waals surface area contributed by atoms with E-state index < -0.39 is 30.4 Å². The summed E-state index contributed by atoms with van der Waals surface area (Å²) in [7, 11) is 0. The Kier molecular flexibility index (Phi) is 5.89. The number of fused-ring (bicyclic) bond motifs is 2. The van der Waals surface area contributed by atoms with Gasteiger partial charge < -0.3 is 24.8 Å². The minimum absolute atomic E-state index is 0.212. The third-order valence-electron chi connectivity index (χ3n) is 5.16. The number of hydrogen-bond donors (Lipinski definition) is 2. The van der Waals surface area contributed by atoms with Gasteiger partial charge in [0.05, 0.1) is 19.2 Å². The lowest BCUT2D eigenvalue weighted by Gasteiger charge is -2.30. The number of ether oxygens (including phenoxy) is 2. The second-order valence-corrected chi connectivity index (χ2v) is 7.33. The van der Waals surface area contributed by atoms with E-state index in [-0.39, 0.29) is 19.1 Å².